The third kappa shape index (κ3) is 5.77. The largest absolute Gasteiger partial charge is 0.352 e. The second-order valence-corrected chi connectivity index (χ2v) is 3.86. The molecule has 0 fully saturated rings. The van der Waals surface area contributed by atoms with Crippen molar-refractivity contribution in [3.05, 3.63) is 34.3 Å². The van der Waals surface area contributed by atoms with E-state index in [4.69, 9.17) is 5.73 Å². The molecule has 5 heteroatoms. The summed E-state index contributed by atoms with van der Waals surface area (Å²) in [4.78, 5) is 11.1. The van der Waals surface area contributed by atoms with Crippen molar-refractivity contribution in [2.45, 2.75) is 13.0 Å². The maximum absolute atomic E-state index is 11.1. The van der Waals surface area contributed by atoms with Gasteiger partial charge in [-0.25, -0.2) is 0 Å². The van der Waals surface area contributed by atoms with Gasteiger partial charge in [-0.05, 0) is 17.7 Å². The van der Waals surface area contributed by atoms with Crippen LogP contribution in [0, 0.1) is 0 Å². The van der Waals surface area contributed by atoms with Crippen LogP contribution in [0.4, 0.5) is 0 Å². The molecule has 15 heavy (non-hydrogen) atoms. The summed E-state index contributed by atoms with van der Waals surface area (Å²) in [7, 11) is 0. The number of carbonyl (C=O) groups is 1. The number of nitrogens with one attached hydrogen (secondary N) is 1. The second kappa shape index (κ2) is 7.68. The van der Waals surface area contributed by atoms with Gasteiger partial charge in [-0.2, -0.15) is 0 Å². The van der Waals surface area contributed by atoms with Crippen molar-refractivity contribution in [3.63, 3.8) is 0 Å². The number of rotatable bonds is 4. The fourth-order valence-electron chi connectivity index (χ4n) is 1.07. The van der Waals surface area contributed by atoms with Crippen molar-refractivity contribution in [2.75, 3.05) is 6.54 Å². The molecule has 1 aromatic carbocycles. The molecule has 1 rings (SSSR count). The van der Waals surface area contributed by atoms with E-state index in [1.165, 1.54) is 0 Å². The van der Waals surface area contributed by atoms with Gasteiger partial charge >= 0.3 is 0 Å². The standard InChI is InChI=1S/C10H13BrN2O.ClH/c11-9-3-1-2-8(6-9)7-13-10(14)4-5-12;/h1-3,6H,4-5,7,12H2,(H,13,14);1H. The lowest BCUT2D eigenvalue weighted by Crippen LogP contribution is -2.24. The Morgan fingerprint density at radius 2 is 2.20 bits per heavy atom. The van der Waals surface area contributed by atoms with E-state index >= 15 is 0 Å². The van der Waals surface area contributed by atoms with Gasteiger partial charge in [-0.3, -0.25) is 4.79 Å². The quantitative estimate of drug-likeness (QED) is 0.890. The van der Waals surface area contributed by atoms with Crippen molar-refractivity contribution in [1.82, 2.24) is 5.32 Å². The van der Waals surface area contributed by atoms with Gasteiger partial charge in [-0.15, -0.1) is 12.4 Å². The first-order chi connectivity index (χ1) is 6.72. The van der Waals surface area contributed by atoms with Crippen LogP contribution >= 0.6 is 28.3 Å². The zero-order valence-corrected chi connectivity index (χ0v) is 10.6. The highest BCUT2D eigenvalue weighted by molar-refractivity contribution is 9.10. The van der Waals surface area contributed by atoms with E-state index in [0.29, 0.717) is 19.5 Å². The predicted molar refractivity (Wildman–Crippen MR) is 66.9 cm³/mol. The second-order valence-electron chi connectivity index (χ2n) is 2.95. The topological polar surface area (TPSA) is 55.1 Å². The Balaban J connectivity index is 0.00000196. The molecule has 0 aliphatic rings. The van der Waals surface area contributed by atoms with Gasteiger partial charge in [0.2, 0.25) is 5.91 Å². The summed E-state index contributed by atoms with van der Waals surface area (Å²) in [5, 5.41) is 2.79. The highest BCUT2D eigenvalue weighted by atomic mass is 79.9. The van der Waals surface area contributed by atoms with Crippen LogP contribution in [-0.4, -0.2) is 12.5 Å². The van der Waals surface area contributed by atoms with Crippen LogP contribution in [0.1, 0.15) is 12.0 Å². The molecule has 0 atom stereocenters. The molecule has 0 aliphatic heterocycles. The number of hydrogen-bond donors (Lipinski definition) is 2. The minimum absolute atomic E-state index is 0. The molecule has 0 radical (unpaired) electrons. The van der Waals surface area contributed by atoms with E-state index in [9.17, 15) is 4.79 Å². The highest BCUT2D eigenvalue weighted by Crippen LogP contribution is 2.11. The van der Waals surface area contributed by atoms with Crippen molar-refractivity contribution in [3.8, 4) is 0 Å². The minimum atomic E-state index is -0.00697. The van der Waals surface area contributed by atoms with E-state index < -0.39 is 0 Å². The zero-order chi connectivity index (χ0) is 10.4. The maximum Gasteiger partial charge on any atom is 0.221 e. The lowest BCUT2D eigenvalue weighted by molar-refractivity contribution is -0.121. The van der Waals surface area contributed by atoms with Crippen molar-refractivity contribution in [1.29, 1.82) is 0 Å². The molecule has 0 saturated heterocycles. The lowest BCUT2D eigenvalue weighted by atomic mass is 10.2. The average Bonchev–Trinajstić information content (AvgIpc) is 2.15. The number of nitrogens with two attached hydrogens (primary N) is 1. The summed E-state index contributed by atoms with van der Waals surface area (Å²) in [6.45, 7) is 0.947. The van der Waals surface area contributed by atoms with Gasteiger partial charge in [0.15, 0.2) is 0 Å². The molecule has 1 amide bonds. The molecule has 1 aromatic rings. The predicted octanol–water partition coefficient (Wildman–Crippen LogP) is 1.84. The number of hydrogen-bond acceptors (Lipinski definition) is 2. The fraction of sp³-hybridized carbons (Fsp3) is 0.300. The molecule has 0 heterocycles. The smallest absolute Gasteiger partial charge is 0.221 e. The van der Waals surface area contributed by atoms with Gasteiger partial charge in [0.25, 0.3) is 0 Å². The number of carbonyl (C=O) groups excluding carboxylic acids is 1. The molecule has 3 nitrogen and oxygen atoms in total. The summed E-state index contributed by atoms with van der Waals surface area (Å²) >= 11 is 3.37. The third-order valence-corrected chi connectivity index (χ3v) is 2.24. The molecule has 0 spiro atoms. The number of benzene rings is 1. The third-order valence-electron chi connectivity index (χ3n) is 1.75. The highest BCUT2D eigenvalue weighted by Gasteiger charge is 1.99. The Bertz CT molecular complexity index is 320. The molecule has 0 aliphatic carbocycles. The Labute approximate surface area is 104 Å². The summed E-state index contributed by atoms with van der Waals surface area (Å²) in [5.41, 5.74) is 6.33. The van der Waals surface area contributed by atoms with E-state index in [1.807, 2.05) is 24.3 Å². The summed E-state index contributed by atoms with van der Waals surface area (Å²) in [5.74, 6) is -0.00697. The van der Waals surface area contributed by atoms with Crippen LogP contribution in [0.5, 0.6) is 0 Å². The molecule has 84 valence electrons. The molecule has 0 aromatic heterocycles. The molecular formula is C10H14BrClN2O. The molecule has 0 saturated carbocycles. The van der Waals surface area contributed by atoms with Gasteiger partial charge in [0, 0.05) is 24.0 Å². The Morgan fingerprint density at radius 3 is 2.80 bits per heavy atom. The molecule has 0 unspecified atom stereocenters. The van der Waals surface area contributed by atoms with E-state index in [0.717, 1.165) is 10.0 Å². The van der Waals surface area contributed by atoms with Crippen LogP contribution in [-0.2, 0) is 11.3 Å². The maximum atomic E-state index is 11.1. The van der Waals surface area contributed by atoms with Gasteiger partial charge in [0.1, 0.15) is 0 Å². The van der Waals surface area contributed by atoms with Gasteiger partial charge in [-0.1, -0.05) is 28.1 Å². The van der Waals surface area contributed by atoms with Gasteiger partial charge < -0.3 is 11.1 Å². The fourth-order valence-corrected chi connectivity index (χ4v) is 1.51. The Kier molecular flexibility index (Phi) is 7.38. The first kappa shape index (κ1) is 14.4. The monoisotopic (exact) mass is 292 g/mol. The molecular weight excluding hydrogens is 279 g/mol. The number of amides is 1. The van der Waals surface area contributed by atoms with Crippen molar-refractivity contribution >= 4 is 34.2 Å². The zero-order valence-electron chi connectivity index (χ0n) is 8.20. The van der Waals surface area contributed by atoms with Crippen LogP contribution in [0.25, 0.3) is 0 Å². The lowest BCUT2D eigenvalue weighted by Gasteiger charge is -2.04. The molecule has 3 N–H and O–H groups in total. The number of halogens is 2. The van der Waals surface area contributed by atoms with E-state index in [1.54, 1.807) is 0 Å². The SMILES string of the molecule is Cl.NCCC(=O)NCc1cccc(Br)c1. The first-order valence-electron chi connectivity index (χ1n) is 4.43. The minimum Gasteiger partial charge on any atom is -0.352 e. The summed E-state index contributed by atoms with van der Waals surface area (Å²) in [6.07, 6.45) is 0.383. The van der Waals surface area contributed by atoms with E-state index in [2.05, 4.69) is 21.2 Å². The normalized spacial score (nSPS) is 9.20. The van der Waals surface area contributed by atoms with E-state index in [-0.39, 0.29) is 18.3 Å². The average molecular weight is 294 g/mol. The Morgan fingerprint density at radius 1 is 1.47 bits per heavy atom. The van der Waals surface area contributed by atoms with Crippen LogP contribution in [0.3, 0.4) is 0 Å². The summed E-state index contributed by atoms with van der Waals surface area (Å²) < 4.78 is 1.02. The summed E-state index contributed by atoms with van der Waals surface area (Å²) in [6, 6.07) is 7.83. The van der Waals surface area contributed by atoms with Crippen LogP contribution in [0.2, 0.25) is 0 Å². The van der Waals surface area contributed by atoms with Gasteiger partial charge in [0.05, 0.1) is 0 Å². The van der Waals surface area contributed by atoms with Crippen molar-refractivity contribution in [2.24, 2.45) is 5.73 Å². The van der Waals surface area contributed by atoms with Crippen LogP contribution in [0.15, 0.2) is 28.7 Å². The van der Waals surface area contributed by atoms with Crippen LogP contribution < -0.4 is 11.1 Å². The first-order valence-corrected chi connectivity index (χ1v) is 5.23. The van der Waals surface area contributed by atoms with Crippen molar-refractivity contribution < 1.29 is 4.79 Å². The Hall–Kier alpha value is -0.580. The molecule has 0 bridgehead atoms.